The van der Waals surface area contributed by atoms with Gasteiger partial charge >= 0.3 is 0 Å². The molecule has 0 radical (unpaired) electrons. The zero-order chi connectivity index (χ0) is 14.9. The molecule has 0 bridgehead atoms. The molecule has 0 aliphatic heterocycles. The lowest BCUT2D eigenvalue weighted by Gasteiger charge is -1.94. The molecule has 7 heteroatoms. The van der Waals surface area contributed by atoms with Crippen molar-refractivity contribution >= 4 is 11.0 Å². The normalized spacial score (nSPS) is 10.4. The van der Waals surface area contributed by atoms with E-state index in [9.17, 15) is 4.79 Å². The molecule has 7 nitrogen and oxygen atoms in total. The maximum atomic E-state index is 12.0. The lowest BCUT2D eigenvalue weighted by molar-refractivity contribution is 0.761. The van der Waals surface area contributed by atoms with Crippen LogP contribution in [0, 0.1) is 6.92 Å². The molecule has 3 aromatic heterocycles. The van der Waals surface area contributed by atoms with Crippen LogP contribution in [0.4, 0.5) is 0 Å². The maximum absolute atomic E-state index is 12.0. The molecule has 1 N–H and O–H groups in total. The van der Waals surface area contributed by atoms with E-state index in [0.29, 0.717) is 28.2 Å². The molecule has 0 fully saturated rings. The van der Waals surface area contributed by atoms with Gasteiger partial charge in [0, 0.05) is 20.3 Å². The van der Waals surface area contributed by atoms with Crippen LogP contribution in [0.5, 0.6) is 0 Å². The van der Waals surface area contributed by atoms with Crippen LogP contribution in [0.25, 0.3) is 22.4 Å². The van der Waals surface area contributed by atoms with E-state index in [2.05, 4.69) is 20.2 Å². The zero-order valence-electron chi connectivity index (χ0n) is 12.3. The SMILES string of the molecule is CC.Cc1nc2c(c(-c3ccn(C)n3)nn2C)c(=O)[nH]1. The van der Waals surface area contributed by atoms with Crippen molar-refractivity contribution in [2.75, 3.05) is 0 Å². The summed E-state index contributed by atoms with van der Waals surface area (Å²) in [4.78, 5) is 19.0. The first-order valence-corrected chi connectivity index (χ1v) is 6.50. The van der Waals surface area contributed by atoms with Crippen molar-refractivity contribution in [3.8, 4) is 11.4 Å². The van der Waals surface area contributed by atoms with Crippen LogP contribution in [0.1, 0.15) is 19.7 Å². The number of rotatable bonds is 1. The highest BCUT2D eigenvalue weighted by Crippen LogP contribution is 2.21. The molecule has 0 aromatic carbocycles. The number of hydrogen-bond acceptors (Lipinski definition) is 4. The predicted octanol–water partition coefficient (Wildman–Crippen LogP) is 1.39. The lowest BCUT2D eigenvalue weighted by atomic mass is 10.2. The number of nitrogens with one attached hydrogen (secondary N) is 1. The molecule has 0 amide bonds. The van der Waals surface area contributed by atoms with E-state index >= 15 is 0 Å². The van der Waals surface area contributed by atoms with E-state index in [0.717, 1.165) is 0 Å². The van der Waals surface area contributed by atoms with Gasteiger partial charge in [-0.25, -0.2) is 9.67 Å². The Labute approximate surface area is 116 Å². The topological polar surface area (TPSA) is 81.4 Å². The minimum absolute atomic E-state index is 0.189. The van der Waals surface area contributed by atoms with Crippen molar-refractivity contribution in [3.05, 3.63) is 28.4 Å². The molecule has 0 saturated carbocycles. The van der Waals surface area contributed by atoms with Gasteiger partial charge in [0.2, 0.25) is 0 Å². The molecule has 0 aliphatic carbocycles. The number of hydrogen-bond donors (Lipinski definition) is 1. The van der Waals surface area contributed by atoms with Crippen molar-refractivity contribution in [1.29, 1.82) is 0 Å². The fourth-order valence-electron chi connectivity index (χ4n) is 1.99. The summed E-state index contributed by atoms with van der Waals surface area (Å²) in [5.41, 5.74) is 1.60. The van der Waals surface area contributed by atoms with E-state index in [-0.39, 0.29) is 5.56 Å². The molecule has 3 rings (SSSR count). The Morgan fingerprint density at radius 3 is 2.50 bits per heavy atom. The van der Waals surface area contributed by atoms with Crippen LogP contribution < -0.4 is 5.56 Å². The molecule has 20 heavy (non-hydrogen) atoms. The second-order valence-corrected chi connectivity index (χ2v) is 4.20. The molecule has 0 saturated heterocycles. The van der Waals surface area contributed by atoms with Gasteiger partial charge < -0.3 is 4.98 Å². The number of aryl methyl sites for hydroxylation is 3. The summed E-state index contributed by atoms with van der Waals surface area (Å²) >= 11 is 0. The zero-order valence-corrected chi connectivity index (χ0v) is 12.3. The second-order valence-electron chi connectivity index (χ2n) is 4.20. The van der Waals surface area contributed by atoms with Gasteiger partial charge in [-0.15, -0.1) is 0 Å². The molecule has 0 aliphatic rings. The number of fused-ring (bicyclic) bond motifs is 1. The Kier molecular flexibility index (Phi) is 3.69. The first-order chi connectivity index (χ1) is 9.56. The van der Waals surface area contributed by atoms with Crippen LogP contribution in [-0.2, 0) is 14.1 Å². The number of H-pyrrole nitrogens is 1. The van der Waals surface area contributed by atoms with Gasteiger partial charge in [-0.05, 0) is 13.0 Å². The van der Waals surface area contributed by atoms with E-state index in [1.54, 1.807) is 23.3 Å². The molecule has 106 valence electrons. The summed E-state index contributed by atoms with van der Waals surface area (Å²) in [6, 6.07) is 1.82. The fraction of sp³-hybridized carbons (Fsp3) is 0.385. The Bertz CT molecular complexity index is 795. The van der Waals surface area contributed by atoms with Crippen molar-refractivity contribution in [2.24, 2.45) is 14.1 Å². The molecule has 0 spiro atoms. The fourth-order valence-corrected chi connectivity index (χ4v) is 1.99. The van der Waals surface area contributed by atoms with Gasteiger partial charge in [-0.2, -0.15) is 10.2 Å². The van der Waals surface area contributed by atoms with Gasteiger partial charge in [0.25, 0.3) is 5.56 Å². The standard InChI is InChI=1S/C11H12N6O.C2H6/c1-6-12-10-8(11(18)13-6)9(15-17(10)3)7-4-5-16(2)14-7;1-2/h4-5H,1-3H3,(H,12,13,18);1-2H3. The number of aromatic nitrogens is 6. The summed E-state index contributed by atoms with van der Waals surface area (Å²) in [5.74, 6) is 0.572. The Balaban J connectivity index is 0.000000704. The molecular formula is C13H18N6O. The Hall–Kier alpha value is -2.44. The van der Waals surface area contributed by atoms with E-state index in [1.165, 1.54) is 0 Å². The monoisotopic (exact) mass is 274 g/mol. The third-order valence-corrected chi connectivity index (χ3v) is 2.77. The molecular weight excluding hydrogens is 256 g/mol. The second kappa shape index (κ2) is 5.28. The highest BCUT2D eigenvalue weighted by atomic mass is 16.1. The summed E-state index contributed by atoms with van der Waals surface area (Å²) in [6.07, 6.45) is 1.81. The van der Waals surface area contributed by atoms with Gasteiger partial charge in [-0.3, -0.25) is 9.48 Å². The molecule has 3 aromatic rings. The summed E-state index contributed by atoms with van der Waals surface area (Å²) in [6.45, 7) is 5.74. The third kappa shape index (κ3) is 2.22. The highest BCUT2D eigenvalue weighted by molar-refractivity contribution is 5.89. The molecule has 0 atom stereocenters. The lowest BCUT2D eigenvalue weighted by Crippen LogP contribution is -2.10. The molecule has 3 heterocycles. The summed E-state index contributed by atoms with van der Waals surface area (Å²) in [7, 11) is 3.59. The van der Waals surface area contributed by atoms with Crippen molar-refractivity contribution < 1.29 is 0 Å². The first kappa shape index (κ1) is 14.0. The van der Waals surface area contributed by atoms with Gasteiger partial charge in [0.05, 0.1) is 0 Å². The van der Waals surface area contributed by atoms with Crippen molar-refractivity contribution in [1.82, 2.24) is 29.5 Å². The van der Waals surface area contributed by atoms with Crippen LogP contribution in [-0.4, -0.2) is 29.5 Å². The van der Waals surface area contributed by atoms with E-state index in [1.807, 2.05) is 33.2 Å². The largest absolute Gasteiger partial charge is 0.310 e. The molecule has 0 unspecified atom stereocenters. The van der Waals surface area contributed by atoms with Crippen molar-refractivity contribution in [2.45, 2.75) is 20.8 Å². The van der Waals surface area contributed by atoms with Gasteiger partial charge in [0.1, 0.15) is 22.6 Å². The van der Waals surface area contributed by atoms with E-state index in [4.69, 9.17) is 0 Å². The smallest absolute Gasteiger partial charge is 0.262 e. The van der Waals surface area contributed by atoms with Crippen LogP contribution >= 0.6 is 0 Å². The maximum Gasteiger partial charge on any atom is 0.262 e. The van der Waals surface area contributed by atoms with Crippen LogP contribution in [0.15, 0.2) is 17.1 Å². The average molecular weight is 274 g/mol. The summed E-state index contributed by atoms with van der Waals surface area (Å²) < 4.78 is 3.27. The van der Waals surface area contributed by atoms with Gasteiger partial charge in [-0.1, -0.05) is 13.8 Å². The number of aromatic amines is 1. The third-order valence-electron chi connectivity index (χ3n) is 2.77. The highest BCUT2D eigenvalue weighted by Gasteiger charge is 2.17. The number of nitrogens with zero attached hydrogens (tertiary/aromatic N) is 5. The first-order valence-electron chi connectivity index (χ1n) is 6.50. The van der Waals surface area contributed by atoms with E-state index < -0.39 is 0 Å². The predicted molar refractivity (Wildman–Crippen MR) is 77.4 cm³/mol. The Morgan fingerprint density at radius 2 is 1.90 bits per heavy atom. The minimum atomic E-state index is -0.189. The minimum Gasteiger partial charge on any atom is -0.310 e. The van der Waals surface area contributed by atoms with Gasteiger partial charge in [0.15, 0.2) is 5.65 Å². The Morgan fingerprint density at radius 1 is 1.20 bits per heavy atom. The van der Waals surface area contributed by atoms with Crippen molar-refractivity contribution in [3.63, 3.8) is 0 Å². The van der Waals surface area contributed by atoms with Crippen LogP contribution in [0.3, 0.4) is 0 Å². The van der Waals surface area contributed by atoms with Crippen LogP contribution in [0.2, 0.25) is 0 Å². The quantitative estimate of drug-likeness (QED) is 0.727. The summed E-state index contributed by atoms with van der Waals surface area (Å²) in [5, 5.41) is 9.08. The average Bonchev–Trinajstić information content (AvgIpc) is 2.97.